The van der Waals surface area contributed by atoms with Gasteiger partial charge in [-0.3, -0.25) is 4.79 Å². The molecule has 0 aliphatic rings. The minimum absolute atomic E-state index is 0.0639. The van der Waals surface area contributed by atoms with E-state index in [-0.39, 0.29) is 17.9 Å². The van der Waals surface area contributed by atoms with Crippen molar-refractivity contribution in [3.05, 3.63) is 54.6 Å². The van der Waals surface area contributed by atoms with E-state index in [9.17, 15) is 4.79 Å². The highest BCUT2D eigenvalue weighted by atomic mass is 16.5. The maximum Gasteiger partial charge on any atom is 0.277 e. The van der Waals surface area contributed by atoms with Crippen LogP contribution in [-0.4, -0.2) is 18.2 Å². The van der Waals surface area contributed by atoms with Gasteiger partial charge in [-0.05, 0) is 30.2 Å². The summed E-state index contributed by atoms with van der Waals surface area (Å²) in [4.78, 5) is 11.8. The Labute approximate surface area is 143 Å². The molecule has 0 fully saturated rings. The number of nitrogens with zero attached hydrogens (tertiary/aromatic N) is 1. The van der Waals surface area contributed by atoms with Crippen LogP contribution in [-0.2, 0) is 4.79 Å². The summed E-state index contributed by atoms with van der Waals surface area (Å²) in [7, 11) is 0. The van der Waals surface area contributed by atoms with Gasteiger partial charge in [0.25, 0.3) is 5.91 Å². The number of rotatable bonds is 5. The topological polar surface area (TPSA) is 50.7 Å². The van der Waals surface area contributed by atoms with Crippen LogP contribution < -0.4 is 10.2 Å². The first-order valence-electron chi connectivity index (χ1n) is 7.98. The average molecular weight is 324 g/mol. The van der Waals surface area contributed by atoms with Gasteiger partial charge in [0.15, 0.2) is 6.61 Å². The minimum Gasteiger partial charge on any atom is -0.484 e. The number of ether oxygens (including phenoxy) is 1. The quantitative estimate of drug-likeness (QED) is 0.659. The molecule has 4 heteroatoms. The van der Waals surface area contributed by atoms with Crippen molar-refractivity contribution in [1.82, 2.24) is 5.43 Å². The molecule has 0 aliphatic heterocycles. The minimum atomic E-state index is -0.272. The molecule has 0 heterocycles. The lowest BCUT2D eigenvalue weighted by atomic mass is 9.91. The SMILES string of the molecule is CC(=NNC(=O)COc1ccc(-c2ccccc2)cc1)C(C)(C)C. The second-order valence-electron chi connectivity index (χ2n) is 6.66. The molecule has 0 unspecified atom stereocenters. The van der Waals surface area contributed by atoms with Gasteiger partial charge >= 0.3 is 0 Å². The molecule has 0 saturated carbocycles. The molecule has 1 N–H and O–H groups in total. The summed E-state index contributed by atoms with van der Waals surface area (Å²) in [5, 5.41) is 4.10. The zero-order valence-electron chi connectivity index (χ0n) is 14.7. The number of carbonyl (C=O) groups is 1. The highest BCUT2D eigenvalue weighted by Gasteiger charge is 2.14. The highest BCUT2D eigenvalue weighted by Crippen LogP contribution is 2.22. The summed E-state index contributed by atoms with van der Waals surface area (Å²) in [5.74, 6) is 0.382. The number of nitrogens with one attached hydrogen (secondary N) is 1. The number of benzene rings is 2. The lowest BCUT2D eigenvalue weighted by molar-refractivity contribution is -0.123. The van der Waals surface area contributed by atoms with Crippen molar-refractivity contribution in [1.29, 1.82) is 0 Å². The van der Waals surface area contributed by atoms with E-state index in [2.05, 4.69) is 22.7 Å². The molecule has 0 atom stereocenters. The van der Waals surface area contributed by atoms with Gasteiger partial charge in [-0.2, -0.15) is 5.10 Å². The third-order valence-electron chi connectivity index (χ3n) is 3.77. The second kappa shape index (κ2) is 7.77. The number of hydrogen-bond donors (Lipinski definition) is 1. The molecule has 0 radical (unpaired) electrons. The van der Waals surface area contributed by atoms with Crippen LogP contribution in [0.15, 0.2) is 59.7 Å². The summed E-state index contributed by atoms with van der Waals surface area (Å²) in [6, 6.07) is 17.8. The largest absolute Gasteiger partial charge is 0.484 e. The molecular weight excluding hydrogens is 300 g/mol. The van der Waals surface area contributed by atoms with Gasteiger partial charge < -0.3 is 4.74 Å². The summed E-state index contributed by atoms with van der Waals surface area (Å²) < 4.78 is 5.50. The van der Waals surface area contributed by atoms with Gasteiger partial charge in [-0.1, -0.05) is 63.2 Å². The van der Waals surface area contributed by atoms with Crippen LogP contribution in [0.5, 0.6) is 5.75 Å². The van der Waals surface area contributed by atoms with Crippen LogP contribution in [0.1, 0.15) is 27.7 Å². The Morgan fingerprint density at radius 3 is 2.17 bits per heavy atom. The number of hydrogen-bond acceptors (Lipinski definition) is 3. The van der Waals surface area contributed by atoms with E-state index in [4.69, 9.17) is 4.74 Å². The second-order valence-corrected chi connectivity index (χ2v) is 6.66. The first kappa shape index (κ1) is 17.7. The van der Waals surface area contributed by atoms with Gasteiger partial charge in [-0.25, -0.2) is 5.43 Å². The van der Waals surface area contributed by atoms with Crippen LogP contribution in [0.3, 0.4) is 0 Å². The Morgan fingerprint density at radius 2 is 1.58 bits per heavy atom. The third kappa shape index (κ3) is 5.23. The molecule has 1 amide bonds. The van der Waals surface area contributed by atoms with Crippen molar-refractivity contribution in [2.45, 2.75) is 27.7 Å². The van der Waals surface area contributed by atoms with Gasteiger partial charge in [0.05, 0.1) is 0 Å². The maximum atomic E-state index is 11.8. The van der Waals surface area contributed by atoms with Crippen molar-refractivity contribution in [2.75, 3.05) is 6.61 Å². The Bertz CT molecular complexity index is 699. The Morgan fingerprint density at radius 1 is 1.00 bits per heavy atom. The van der Waals surface area contributed by atoms with Crippen molar-refractivity contribution in [2.24, 2.45) is 10.5 Å². The molecule has 2 rings (SSSR count). The van der Waals surface area contributed by atoms with Crippen LogP contribution in [0.25, 0.3) is 11.1 Å². The molecule has 2 aromatic rings. The predicted molar refractivity (Wildman–Crippen MR) is 98.1 cm³/mol. The normalized spacial score (nSPS) is 11.9. The standard InChI is InChI=1S/C20H24N2O2/c1-15(20(2,3)4)21-22-19(23)14-24-18-12-10-17(11-13-18)16-8-6-5-7-9-16/h5-13H,14H2,1-4H3,(H,22,23). The van der Waals surface area contributed by atoms with E-state index in [1.54, 1.807) is 0 Å². The lowest BCUT2D eigenvalue weighted by Crippen LogP contribution is -2.28. The van der Waals surface area contributed by atoms with Crippen LogP contribution in [0.4, 0.5) is 0 Å². The zero-order valence-corrected chi connectivity index (χ0v) is 14.7. The smallest absolute Gasteiger partial charge is 0.277 e. The summed E-state index contributed by atoms with van der Waals surface area (Å²) in [6.07, 6.45) is 0. The molecule has 126 valence electrons. The molecule has 0 aromatic heterocycles. The van der Waals surface area contributed by atoms with Crippen molar-refractivity contribution in [3.63, 3.8) is 0 Å². The van der Waals surface area contributed by atoms with Crippen LogP contribution in [0.2, 0.25) is 0 Å². The monoisotopic (exact) mass is 324 g/mol. The van der Waals surface area contributed by atoms with Crippen molar-refractivity contribution < 1.29 is 9.53 Å². The Kier molecular flexibility index (Phi) is 5.74. The van der Waals surface area contributed by atoms with Crippen LogP contribution in [0, 0.1) is 5.41 Å². The third-order valence-corrected chi connectivity index (χ3v) is 3.77. The molecule has 0 saturated heterocycles. The van der Waals surface area contributed by atoms with Gasteiger partial charge in [0.2, 0.25) is 0 Å². The van der Waals surface area contributed by atoms with E-state index < -0.39 is 0 Å². The molecule has 0 bridgehead atoms. The summed E-state index contributed by atoms with van der Waals surface area (Å²) in [6.45, 7) is 7.96. The van der Waals surface area contributed by atoms with Gasteiger partial charge in [-0.15, -0.1) is 0 Å². The molecular formula is C20H24N2O2. The lowest BCUT2D eigenvalue weighted by Gasteiger charge is -2.17. The van der Waals surface area contributed by atoms with Gasteiger partial charge in [0.1, 0.15) is 5.75 Å². The van der Waals surface area contributed by atoms with E-state index >= 15 is 0 Å². The van der Waals surface area contributed by atoms with E-state index in [0.717, 1.165) is 16.8 Å². The van der Waals surface area contributed by atoms with Crippen LogP contribution >= 0.6 is 0 Å². The fraction of sp³-hybridized carbons (Fsp3) is 0.300. The predicted octanol–water partition coefficient (Wildman–Crippen LogP) is 4.27. The van der Waals surface area contributed by atoms with E-state index in [1.807, 2.05) is 70.2 Å². The summed E-state index contributed by atoms with van der Waals surface area (Å²) in [5.41, 5.74) is 5.57. The number of amides is 1. The average Bonchev–Trinajstić information content (AvgIpc) is 2.58. The maximum absolute atomic E-state index is 11.8. The molecule has 4 nitrogen and oxygen atoms in total. The van der Waals surface area contributed by atoms with Crippen molar-refractivity contribution in [3.8, 4) is 16.9 Å². The fourth-order valence-corrected chi connectivity index (χ4v) is 1.87. The number of hydrazone groups is 1. The van der Waals surface area contributed by atoms with Gasteiger partial charge in [0, 0.05) is 11.1 Å². The number of carbonyl (C=O) groups excluding carboxylic acids is 1. The first-order valence-corrected chi connectivity index (χ1v) is 7.98. The molecule has 0 aliphatic carbocycles. The Balaban J connectivity index is 1.87. The Hall–Kier alpha value is -2.62. The molecule has 24 heavy (non-hydrogen) atoms. The summed E-state index contributed by atoms with van der Waals surface area (Å²) >= 11 is 0. The fourth-order valence-electron chi connectivity index (χ4n) is 1.87. The first-order chi connectivity index (χ1) is 11.4. The molecule has 2 aromatic carbocycles. The van der Waals surface area contributed by atoms with Crippen molar-refractivity contribution >= 4 is 11.6 Å². The van der Waals surface area contributed by atoms with E-state index in [1.165, 1.54) is 0 Å². The zero-order chi connectivity index (χ0) is 17.6. The highest BCUT2D eigenvalue weighted by molar-refractivity contribution is 5.88. The van der Waals surface area contributed by atoms with E-state index in [0.29, 0.717) is 5.75 Å². The molecule has 0 spiro atoms.